The maximum atomic E-state index is 13.7. The molecule has 0 bridgehead atoms. The summed E-state index contributed by atoms with van der Waals surface area (Å²) in [4.78, 5) is 10.5. The first-order valence-corrected chi connectivity index (χ1v) is 5.82. The first-order chi connectivity index (χ1) is 9.55. The Morgan fingerprint density at radius 1 is 1.05 bits per heavy atom. The summed E-state index contributed by atoms with van der Waals surface area (Å²) in [5.41, 5.74) is 0.828. The number of methoxy groups -OCH3 is 1. The van der Waals surface area contributed by atoms with E-state index in [-0.39, 0.29) is 11.3 Å². The zero-order valence-electron chi connectivity index (χ0n) is 10.9. The van der Waals surface area contributed by atoms with Crippen LogP contribution in [0.25, 0.3) is 0 Å². The number of hydrogen-bond donors (Lipinski definition) is 0. The molecule has 0 fully saturated rings. The summed E-state index contributed by atoms with van der Waals surface area (Å²) < 4.78 is 37.8. The van der Waals surface area contributed by atoms with E-state index in [1.54, 1.807) is 18.2 Å². The van der Waals surface area contributed by atoms with E-state index in [0.717, 1.165) is 17.7 Å². The third-order valence-electron chi connectivity index (χ3n) is 2.69. The monoisotopic (exact) mass is 278 g/mol. The second-order valence-electron chi connectivity index (χ2n) is 4.19. The average molecular weight is 278 g/mol. The second kappa shape index (κ2) is 5.69. The average Bonchev–Trinajstić information content (AvgIpc) is 2.43. The fourth-order valence-electron chi connectivity index (χ4n) is 1.71. The van der Waals surface area contributed by atoms with Gasteiger partial charge >= 0.3 is 0 Å². The van der Waals surface area contributed by atoms with Crippen LogP contribution in [0.3, 0.4) is 0 Å². The largest absolute Gasteiger partial charge is 0.493 e. The highest BCUT2D eigenvalue weighted by Gasteiger charge is 2.15. The lowest BCUT2D eigenvalue weighted by Gasteiger charge is -2.12. The van der Waals surface area contributed by atoms with Crippen LogP contribution in [-0.4, -0.2) is 13.4 Å². The number of hydrogen-bond acceptors (Lipinski definition) is 3. The van der Waals surface area contributed by atoms with Gasteiger partial charge in [0, 0.05) is 5.56 Å². The van der Waals surface area contributed by atoms with Crippen molar-refractivity contribution in [1.29, 1.82) is 0 Å². The van der Waals surface area contributed by atoms with E-state index in [2.05, 4.69) is 0 Å². The van der Waals surface area contributed by atoms with Gasteiger partial charge < -0.3 is 9.47 Å². The summed E-state index contributed by atoms with van der Waals surface area (Å²) in [6.45, 7) is 1.85. The van der Waals surface area contributed by atoms with Crippen molar-refractivity contribution in [2.45, 2.75) is 6.92 Å². The van der Waals surface area contributed by atoms with Crippen LogP contribution in [0.4, 0.5) is 8.78 Å². The molecule has 0 aliphatic carbocycles. The van der Waals surface area contributed by atoms with Gasteiger partial charge in [-0.25, -0.2) is 8.78 Å². The number of carbonyl (C=O) groups excluding carboxylic acids is 1. The molecule has 0 aliphatic heterocycles. The van der Waals surface area contributed by atoms with Crippen molar-refractivity contribution in [2.75, 3.05) is 7.11 Å². The predicted octanol–water partition coefficient (Wildman–Crippen LogP) is 3.89. The Balaban J connectivity index is 2.42. The van der Waals surface area contributed by atoms with E-state index < -0.39 is 17.4 Å². The van der Waals surface area contributed by atoms with Gasteiger partial charge in [0.25, 0.3) is 0 Å². The second-order valence-corrected chi connectivity index (χ2v) is 4.19. The van der Waals surface area contributed by atoms with E-state index in [1.807, 2.05) is 6.92 Å². The Kier molecular flexibility index (Phi) is 3.98. The number of aryl methyl sites for hydroxylation is 1. The molecular weight excluding hydrogens is 266 g/mol. The Hall–Kier alpha value is -2.43. The van der Waals surface area contributed by atoms with E-state index in [1.165, 1.54) is 7.11 Å². The Bertz CT molecular complexity index is 631. The fourth-order valence-corrected chi connectivity index (χ4v) is 1.71. The van der Waals surface area contributed by atoms with Crippen LogP contribution < -0.4 is 9.47 Å². The molecule has 0 spiro atoms. The molecule has 5 heteroatoms. The van der Waals surface area contributed by atoms with Crippen molar-refractivity contribution in [3.8, 4) is 17.2 Å². The highest BCUT2D eigenvalue weighted by atomic mass is 19.1. The normalized spacial score (nSPS) is 10.2. The lowest BCUT2D eigenvalue weighted by Crippen LogP contribution is -1.97. The zero-order chi connectivity index (χ0) is 14.7. The summed E-state index contributed by atoms with van der Waals surface area (Å²) >= 11 is 0. The molecular formula is C15H12F2O3. The number of rotatable bonds is 4. The number of benzene rings is 2. The molecule has 3 nitrogen and oxygen atoms in total. The molecule has 0 atom stereocenters. The first kappa shape index (κ1) is 14.0. The quantitative estimate of drug-likeness (QED) is 0.796. The van der Waals surface area contributed by atoms with Crippen molar-refractivity contribution in [3.05, 3.63) is 53.1 Å². The number of ether oxygens (including phenoxy) is 2. The van der Waals surface area contributed by atoms with Crippen LogP contribution >= 0.6 is 0 Å². The molecule has 0 aliphatic rings. The van der Waals surface area contributed by atoms with Crippen LogP contribution in [0.2, 0.25) is 0 Å². The summed E-state index contributed by atoms with van der Waals surface area (Å²) in [5, 5.41) is 0. The summed E-state index contributed by atoms with van der Waals surface area (Å²) in [6, 6.07) is 6.79. The molecule has 2 aromatic carbocycles. The molecule has 0 saturated carbocycles. The smallest absolute Gasteiger partial charge is 0.198 e. The van der Waals surface area contributed by atoms with Gasteiger partial charge in [-0.15, -0.1) is 0 Å². The lowest BCUT2D eigenvalue weighted by atomic mass is 10.2. The van der Waals surface area contributed by atoms with Gasteiger partial charge in [0.15, 0.2) is 28.9 Å². The maximum absolute atomic E-state index is 13.7. The zero-order valence-corrected chi connectivity index (χ0v) is 10.9. The van der Waals surface area contributed by atoms with E-state index >= 15 is 0 Å². The lowest BCUT2D eigenvalue weighted by molar-refractivity contribution is 0.112. The molecule has 104 valence electrons. The third kappa shape index (κ3) is 2.77. The van der Waals surface area contributed by atoms with E-state index in [0.29, 0.717) is 12.0 Å². The van der Waals surface area contributed by atoms with Gasteiger partial charge in [0.05, 0.1) is 7.11 Å². The van der Waals surface area contributed by atoms with E-state index in [4.69, 9.17) is 9.47 Å². The van der Waals surface area contributed by atoms with Crippen molar-refractivity contribution < 1.29 is 23.0 Å². The Morgan fingerprint density at radius 2 is 1.70 bits per heavy atom. The van der Waals surface area contributed by atoms with Crippen LogP contribution in [-0.2, 0) is 0 Å². The summed E-state index contributed by atoms with van der Waals surface area (Å²) in [7, 11) is 1.43. The SMILES string of the molecule is COc1cc(C)ccc1Oc1c(F)cc(C=O)cc1F. The molecule has 0 saturated heterocycles. The molecule has 20 heavy (non-hydrogen) atoms. The van der Waals surface area contributed by atoms with Crippen LogP contribution in [0, 0.1) is 18.6 Å². The predicted molar refractivity (Wildman–Crippen MR) is 69.6 cm³/mol. The van der Waals surface area contributed by atoms with Crippen LogP contribution in [0.5, 0.6) is 17.2 Å². The number of carbonyl (C=O) groups is 1. The van der Waals surface area contributed by atoms with Gasteiger partial charge in [-0.1, -0.05) is 6.07 Å². The van der Waals surface area contributed by atoms with Gasteiger partial charge in [-0.05, 0) is 36.8 Å². The molecule has 0 N–H and O–H groups in total. The Morgan fingerprint density at radius 3 is 2.25 bits per heavy atom. The van der Waals surface area contributed by atoms with Gasteiger partial charge in [0.2, 0.25) is 0 Å². The van der Waals surface area contributed by atoms with Crippen molar-refractivity contribution in [2.24, 2.45) is 0 Å². The van der Waals surface area contributed by atoms with Gasteiger partial charge in [-0.3, -0.25) is 4.79 Å². The van der Waals surface area contributed by atoms with Crippen LogP contribution in [0.15, 0.2) is 30.3 Å². The third-order valence-corrected chi connectivity index (χ3v) is 2.69. The minimum absolute atomic E-state index is 0.0942. The Labute approximate surface area is 114 Å². The van der Waals surface area contributed by atoms with Crippen LogP contribution in [0.1, 0.15) is 15.9 Å². The highest BCUT2D eigenvalue weighted by Crippen LogP contribution is 2.34. The first-order valence-electron chi connectivity index (χ1n) is 5.82. The molecule has 0 radical (unpaired) electrons. The molecule has 2 rings (SSSR count). The van der Waals surface area contributed by atoms with Crippen molar-refractivity contribution in [1.82, 2.24) is 0 Å². The summed E-state index contributed by atoms with van der Waals surface area (Å²) in [5.74, 6) is -1.92. The maximum Gasteiger partial charge on any atom is 0.198 e. The van der Waals surface area contributed by atoms with Crippen molar-refractivity contribution in [3.63, 3.8) is 0 Å². The minimum atomic E-state index is -0.949. The molecule has 0 heterocycles. The summed E-state index contributed by atoms with van der Waals surface area (Å²) in [6.07, 6.45) is 0.363. The molecule has 0 aromatic heterocycles. The molecule has 0 unspecified atom stereocenters. The topological polar surface area (TPSA) is 35.5 Å². The standard InChI is InChI=1S/C15H12F2O3/c1-9-3-4-13(14(5-9)19-2)20-15-11(16)6-10(8-18)7-12(15)17/h3-8H,1-2H3. The number of halogens is 2. The molecule has 0 amide bonds. The highest BCUT2D eigenvalue weighted by molar-refractivity contribution is 5.75. The minimum Gasteiger partial charge on any atom is -0.493 e. The molecule has 2 aromatic rings. The number of aldehydes is 1. The van der Waals surface area contributed by atoms with Gasteiger partial charge in [0.1, 0.15) is 6.29 Å². The fraction of sp³-hybridized carbons (Fsp3) is 0.133. The van der Waals surface area contributed by atoms with E-state index in [9.17, 15) is 13.6 Å². The van der Waals surface area contributed by atoms with Crippen molar-refractivity contribution >= 4 is 6.29 Å². The van der Waals surface area contributed by atoms with Gasteiger partial charge in [-0.2, -0.15) is 0 Å².